The van der Waals surface area contributed by atoms with Crippen molar-refractivity contribution in [2.24, 2.45) is 0 Å². The van der Waals surface area contributed by atoms with Crippen LogP contribution in [0.1, 0.15) is 31.2 Å². The maximum Gasteiger partial charge on any atom is 0.246 e. The van der Waals surface area contributed by atoms with Gasteiger partial charge in [0.1, 0.15) is 10.6 Å². The molecule has 0 fully saturated rings. The lowest BCUT2D eigenvalue weighted by Crippen LogP contribution is -2.38. The number of nitrogens with one attached hydrogen (secondary N) is 1. The Morgan fingerprint density at radius 1 is 1.18 bits per heavy atom. The molecule has 0 spiro atoms. The molecule has 1 N–H and O–H groups in total. The highest BCUT2D eigenvalue weighted by Crippen LogP contribution is 2.18. The molecular formula is C12H23N3O5S2. The fourth-order valence-corrected chi connectivity index (χ4v) is 4.24. The van der Waals surface area contributed by atoms with E-state index in [4.69, 9.17) is 4.52 Å². The molecule has 10 heteroatoms. The van der Waals surface area contributed by atoms with Gasteiger partial charge in [0.15, 0.2) is 5.76 Å². The Balaban J connectivity index is 2.72. The Morgan fingerprint density at radius 2 is 1.82 bits per heavy atom. The van der Waals surface area contributed by atoms with E-state index in [2.05, 4.69) is 9.88 Å². The maximum absolute atomic E-state index is 12.2. The van der Waals surface area contributed by atoms with Gasteiger partial charge in [-0.25, -0.2) is 25.9 Å². The molecule has 1 aromatic rings. The average Bonchev–Trinajstić information content (AvgIpc) is 2.72. The second kappa shape index (κ2) is 7.53. The second-order valence-corrected chi connectivity index (χ2v) is 8.75. The minimum absolute atomic E-state index is 0.00645. The first-order valence-corrected chi connectivity index (χ1v) is 10.3. The largest absolute Gasteiger partial charge is 0.360 e. The van der Waals surface area contributed by atoms with E-state index < -0.39 is 20.0 Å². The number of aryl methyl sites for hydroxylation is 2. The van der Waals surface area contributed by atoms with Crippen LogP contribution in [0.3, 0.4) is 0 Å². The van der Waals surface area contributed by atoms with Crippen LogP contribution in [0.15, 0.2) is 9.42 Å². The highest BCUT2D eigenvalue weighted by Gasteiger charge is 2.24. The number of hydrogen-bond acceptors (Lipinski definition) is 6. The summed E-state index contributed by atoms with van der Waals surface area (Å²) in [6, 6.07) is 0. The van der Waals surface area contributed by atoms with Crippen LogP contribution >= 0.6 is 0 Å². The zero-order valence-corrected chi connectivity index (χ0v) is 14.9. The molecule has 0 amide bonds. The van der Waals surface area contributed by atoms with E-state index in [0.717, 1.165) is 19.1 Å². The molecule has 0 saturated heterocycles. The van der Waals surface area contributed by atoms with Crippen molar-refractivity contribution in [1.29, 1.82) is 0 Å². The third-order valence-corrected chi connectivity index (χ3v) is 6.13. The van der Waals surface area contributed by atoms with Gasteiger partial charge in [0.25, 0.3) is 0 Å². The third-order valence-electron chi connectivity index (χ3n) is 3.12. The molecule has 1 rings (SSSR count). The summed E-state index contributed by atoms with van der Waals surface area (Å²) in [5.41, 5.74) is 0.274. The maximum atomic E-state index is 12.2. The number of hydrogen-bond donors (Lipinski definition) is 1. The summed E-state index contributed by atoms with van der Waals surface area (Å²) in [5, 5.41) is 3.60. The minimum atomic E-state index is -3.77. The van der Waals surface area contributed by atoms with E-state index in [0.29, 0.717) is 6.54 Å². The normalized spacial score (nSPS) is 13.0. The quantitative estimate of drug-likeness (QED) is 0.697. The van der Waals surface area contributed by atoms with Crippen molar-refractivity contribution < 1.29 is 21.4 Å². The van der Waals surface area contributed by atoms with Crippen molar-refractivity contribution in [1.82, 2.24) is 14.2 Å². The molecule has 1 aromatic heterocycles. The van der Waals surface area contributed by atoms with Crippen LogP contribution in [0.25, 0.3) is 0 Å². The van der Waals surface area contributed by atoms with Gasteiger partial charge >= 0.3 is 0 Å². The van der Waals surface area contributed by atoms with Crippen LogP contribution in [-0.2, 0) is 20.0 Å². The summed E-state index contributed by atoms with van der Waals surface area (Å²) < 4.78 is 56.2. The highest BCUT2D eigenvalue weighted by molar-refractivity contribution is 7.89. The van der Waals surface area contributed by atoms with Crippen LogP contribution in [0.4, 0.5) is 0 Å². The van der Waals surface area contributed by atoms with Crippen molar-refractivity contribution in [3.05, 3.63) is 11.5 Å². The number of aromatic nitrogens is 1. The van der Waals surface area contributed by atoms with Crippen molar-refractivity contribution in [2.45, 2.75) is 38.5 Å². The van der Waals surface area contributed by atoms with Gasteiger partial charge in [0.05, 0.1) is 6.26 Å². The van der Waals surface area contributed by atoms with Gasteiger partial charge in [-0.05, 0) is 20.3 Å². The van der Waals surface area contributed by atoms with Crippen LogP contribution in [0.5, 0.6) is 0 Å². The molecule has 0 radical (unpaired) electrons. The van der Waals surface area contributed by atoms with Gasteiger partial charge in [-0.3, -0.25) is 0 Å². The summed E-state index contributed by atoms with van der Waals surface area (Å²) in [7, 11) is -7.13. The lowest BCUT2D eigenvalue weighted by Gasteiger charge is -2.19. The molecule has 0 aromatic carbocycles. The van der Waals surface area contributed by atoms with Gasteiger partial charge in [0, 0.05) is 19.6 Å². The van der Waals surface area contributed by atoms with Gasteiger partial charge < -0.3 is 4.52 Å². The molecule has 0 bridgehead atoms. The molecule has 0 saturated carbocycles. The topological polar surface area (TPSA) is 110 Å². The first-order valence-electron chi connectivity index (χ1n) is 6.97. The smallest absolute Gasteiger partial charge is 0.246 e. The SMILES string of the molecule is CCCCN(CCNS(=O)(=O)c1c(C)noc1C)S(C)(=O)=O. The van der Waals surface area contributed by atoms with Crippen LogP contribution in [0.2, 0.25) is 0 Å². The summed E-state index contributed by atoms with van der Waals surface area (Å²) in [5.74, 6) is 0.205. The summed E-state index contributed by atoms with van der Waals surface area (Å²) in [4.78, 5) is 0.00645. The fraction of sp³-hybridized carbons (Fsp3) is 0.750. The van der Waals surface area contributed by atoms with Crippen LogP contribution < -0.4 is 4.72 Å². The number of rotatable bonds is 9. The van der Waals surface area contributed by atoms with Gasteiger partial charge in [0.2, 0.25) is 20.0 Å². The van der Waals surface area contributed by atoms with Crippen molar-refractivity contribution in [2.75, 3.05) is 25.9 Å². The number of sulfonamides is 2. The monoisotopic (exact) mass is 353 g/mol. The predicted octanol–water partition coefficient (Wildman–Crippen LogP) is 0.631. The molecule has 22 heavy (non-hydrogen) atoms. The standard InChI is InChI=1S/C12H23N3O5S2/c1-5-6-8-15(21(4,16)17)9-7-13-22(18,19)12-10(2)14-20-11(12)3/h13H,5-9H2,1-4H3. The Hall–Kier alpha value is -0.970. The zero-order chi connectivity index (χ0) is 17.0. The van der Waals surface area contributed by atoms with Gasteiger partial charge in [-0.2, -0.15) is 0 Å². The van der Waals surface area contributed by atoms with Crippen LogP contribution in [-0.4, -0.2) is 52.2 Å². The average molecular weight is 353 g/mol. The summed E-state index contributed by atoms with van der Waals surface area (Å²) in [6.07, 6.45) is 2.70. The molecule has 0 atom stereocenters. The van der Waals surface area contributed by atoms with E-state index >= 15 is 0 Å². The zero-order valence-electron chi connectivity index (χ0n) is 13.3. The molecular weight excluding hydrogens is 330 g/mol. The van der Waals surface area contributed by atoms with Crippen molar-refractivity contribution in [3.8, 4) is 0 Å². The second-order valence-electron chi connectivity index (χ2n) is 5.07. The molecule has 0 aliphatic heterocycles. The number of nitrogens with zero attached hydrogens (tertiary/aromatic N) is 2. The van der Waals surface area contributed by atoms with E-state index in [1.165, 1.54) is 18.2 Å². The lowest BCUT2D eigenvalue weighted by molar-refractivity contribution is 0.390. The Kier molecular flexibility index (Phi) is 6.53. The van der Waals surface area contributed by atoms with Gasteiger partial charge in [-0.15, -0.1) is 0 Å². The summed E-state index contributed by atoms with van der Waals surface area (Å²) in [6.45, 7) is 5.46. The lowest BCUT2D eigenvalue weighted by atomic mass is 10.3. The van der Waals surface area contributed by atoms with E-state index in [1.54, 1.807) is 0 Å². The molecule has 0 unspecified atom stereocenters. The van der Waals surface area contributed by atoms with Gasteiger partial charge in [-0.1, -0.05) is 18.5 Å². The van der Waals surface area contributed by atoms with Crippen molar-refractivity contribution in [3.63, 3.8) is 0 Å². The van der Waals surface area contributed by atoms with Crippen molar-refractivity contribution >= 4 is 20.0 Å². The highest BCUT2D eigenvalue weighted by atomic mass is 32.2. The third kappa shape index (κ3) is 5.04. The molecule has 0 aliphatic carbocycles. The number of unbranched alkanes of at least 4 members (excludes halogenated alkanes) is 1. The molecule has 128 valence electrons. The fourth-order valence-electron chi connectivity index (χ4n) is 2.01. The van der Waals surface area contributed by atoms with E-state index in [1.807, 2.05) is 6.92 Å². The molecule has 8 nitrogen and oxygen atoms in total. The Bertz CT molecular complexity index is 675. The Labute approximate surface area is 132 Å². The van der Waals surface area contributed by atoms with E-state index in [-0.39, 0.29) is 29.4 Å². The van der Waals surface area contributed by atoms with E-state index in [9.17, 15) is 16.8 Å². The minimum Gasteiger partial charge on any atom is -0.360 e. The molecule has 1 heterocycles. The first kappa shape index (κ1) is 19.1. The first-order chi connectivity index (χ1) is 10.1. The predicted molar refractivity (Wildman–Crippen MR) is 82.5 cm³/mol. The molecule has 0 aliphatic rings. The Morgan fingerprint density at radius 3 is 2.27 bits per heavy atom. The van der Waals surface area contributed by atoms with Crippen LogP contribution in [0, 0.1) is 13.8 Å². The summed E-state index contributed by atoms with van der Waals surface area (Å²) >= 11 is 0.